The van der Waals surface area contributed by atoms with Gasteiger partial charge in [0, 0.05) is 18.3 Å². The Balaban J connectivity index is 1.72. The third kappa shape index (κ3) is 4.88. The normalized spacial score (nSPS) is 10.7. The summed E-state index contributed by atoms with van der Waals surface area (Å²) in [5.74, 6) is -0.0451. The molecule has 0 bridgehead atoms. The minimum Gasteiger partial charge on any atom is -0.349 e. The van der Waals surface area contributed by atoms with Crippen molar-refractivity contribution in [1.29, 1.82) is 0 Å². The summed E-state index contributed by atoms with van der Waals surface area (Å²) in [6.45, 7) is 4.87. The Hall–Kier alpha value is -3.28. The van der Waals surface area contributed by atoms with Gasteiger partial charge in [-0.1, -0.05) is 30.3 Å². The first-order valence-electron chi connectivity index (χ1n) is 8.72. The van der Waals surface area contributed by atoms with E-state index < -0.39 is 0 Å². The van der Waals surface area contributed by atoms with Gasteiger partial charge in [0.2, 0.25) is 0 Å². The van der Waals surface area contributed by atoms with Gasteiger partial charge in [0.15, 0.2) is 0 Å². The lowest BCUT2D eigenvalue weighted by atomic mass is 10.2. The molecule has 3 aromatic rings. The van der Waals surface area contributed by atoms with Gasteiger partial charge in [-0.05, 0) is 43.7 Å². The number of anilines is 2. The van der Waals surface area contributed by atoms with Crippen molar-refractivity contribution >= 4 is 17.4 Å². The Labute approximate surface area is 157 Å². The Morgan fingerprint density at radius 1 is 1.04 bits per heavy atom. The molecule has 0 atom stereocenters. The molecule has 0 saturated heterocycles. The van der Waals surface area contributed by atoms with Crippen molar-refractivity contribution in [1.82, 2.24) is 9.97 Å². The van der Waals surface area contributed by atoms with Crippen LogP contribution in [-0.2, 0) is 6.54 Å². The maximum absolute atomic E-state index is 12.9. The van der Waals surface area contributed by atoms with Crippen molar-refractivity contribution in [2.75, 3.05) is 10.2 Å². The summed E-state index contributed by atoms with van der Waals surface area (Å²) in [6, 6.07) is 15.9. The summed E-state index contributed by atoms with van der Waals surface area (Å²) in [5.41, 5.74) is 1.87. The monoisotopic (exact) mass is 364 g/mol. The maximum atomic E-state index is 12.9. The van der Waals surface area contributed by atoms with Crippen LogP contribution in [0, 0.1) is 5.82 Å². The van der Waals surface area contributed by atoms with Gasteiger partial charge in [-0.25, -0.2) is 14.4 Å². The SMILES string of the molecule is CC(C)N(Cc1ccccc1)c1cnc(C(=O)Nc2ccc(F)cc2)cn1. The largest absolute Gasteiger partial charge is 0.349 e. The number of hydrogen-bond acceptors (Lipinski definition) is 4. The van der Waals surface area contributed by atoms with Crippen LogP contribution in [0.5, 0.6) is 0 Å². The fourth-order valence-corrected chi connectivity index (χ4v) is 2.62. The molecule has 2 aromatic carbocycles. The van der Waals surface area contributed by atoms with Gasteiger partial charge in [-0.3, -0.25) is 4.79 Å². The van der Waals surface area contributed by atoms with Gasteiger partial charge in [0.25, 0.3) is 5.91 Å². The van der Waals surface area contributed by atoms with Crippen LogP contribution in [0.1, 0.15) is 29.9 Å². The molecule has 0 aliphatic rings. The Morgan fingerprint density at radius 3 is 2.33 bits per heavy atom. The molecule has 27 heavy (non-hydrogen) atoms. The van der Waals surface area contributed by atoms with Crippen LogP contribution < -0.4 is 10.2 Å². The van der Waals surface area contributed by atoms with Gasteiger partial charge >= 0.3 is 0 Å². The van der Waals surface area contributed by atoms with E-state index >= 15 is 0 Å². The lowest BCUT2D eigenvalue weighted by Crippen LogP contribution is -2.31. The number of aromatic nitrogens is 2. The Kier molecular flexibility index (Phi) is 5.76. The van der Waals surface area contributed by atoms with Gasteiger partial charge < -0.3 is 10.2 Å². The number of halogens is 1. The smallest absolute Gasteiger partial charge is 0.275 e. The number of nitrogens with one attached hydrogen (secondary N) is 1. The zero-order valence-electron chi connectivity index (χ0n) is 15.3. The van der Waals surface area contributed by atoms with Crippen LogP contribution in [0.25, 0.3) is 0 Å². The molecule has 0 spiro atoms. The molecular weight excluding hydrogens is 343 g/mol. The van der Waals surface area contributed by atoms with Crippen molar-refractivity contribution in [3.05, 3.63) is 84.1 Å². The summed E-state index contributed by atoms with van der Waals surface area (Å²) in [7, 11) is 0. The molecule has 0 saturated carbocycles. The van der Waals surface area contributed by atoms with E-state index in [4.69, 9.17) is 0 Å². The first kappa shape index (κ1) is 18.5. The molecule has 1 aromatic heterocycles. The molecule has 0 aliphatic heterocycles. The van der Waals surface area contributed by atoms with Crippen LogP contribution in [0.3, 0.4) is 0 Å². The van der Waals surface area contributed by atoms with Crippen LogP contribution in [-0.4, -0.2) is 21.9 Å². The Bertz CT molecular complexity index is 880. The molecule has 0 unspecified atom stereocenters. The quantitative estimate of drug-likeness (QED) is 0.709. The minimum atomic E-state index is -0.389. The maximum Gasteiger partial charge on any atom is 0.275 e. The third-order valence-corrected chi connectivity index (χ3v) is 4.09. The van der Waals surface area contributed by atoms with Crippen LogP contribution in [0.15, 0.2) is 67.0 Å². The van der Waals surface area contributed by atoms with Gasteiger partial charge in [0.1, 0.15) is 17.3 Å². The van der Waals surface area contributed by atoms with E-state index in [1.165, 1.54) is 36.0 Å². The molecule has 3 rings (SSSR count). The second-order valence-electron chi connectivity index (χ2n) is 6.43. The fourth-order valence-electron chi connectivity index (χ4n) is 2.62. The third-order valence-electron chi connectivity index (χ3n) is 4.09. The highest BCUT2D eigenvalue weighted by atomic mass is 19.1. The summed E-state index contributed by atoms with van der Waals surface area (Å²) in [4.78, 5) is 23.1. The lowest BCUT2D eigenvalue weighted by Gasteiger charge is -2.27. The van der Waals surface area contributed by atoms with Crippen LogP contribution in [0.2, 0.25) is 0 Å². The van der Waals surface area contributed by atoms with Crippen molar-refractivity contribution in [2.24, 2.45) is 0 Å². The van der Waals surface area contributed by atoms with Gasteiger partial charge in [0.05, 0.1) is 12.4 Å². The summed E-state index contributed by atoms with van der Waals surface area (Å²) in [5, 5.41) is 2.68. The number of carbonyl (C=O) groups excluding carboxylic acids is 1. The van der Waals surface area contributed by atoms with E-state index in [-0.39, 0.29) is 23.5 Å². The second-order valence-corrected chi connectivity index (χ2v) is 6.43. The number of carbonyl (C=O) groups is 1. The van der Waals surface area contributed by atoms with Crippen molar-refractivity contribution in [3.63, 3.8) is 0 Å². The van der Waals surface area contributed by atoms with E-state index in [1.54, 1.807) is 6.20 Å². The van der Waals surface area contributed by atoms with Gasteiger partial charge in [-0.2, -0.15) is 0 Å². The number of amides is 1. The highest BCUT2D eigenvalue weighted by Gasteiger charge is 2.15. The van der Waals surface area contributed by atoms with Gasteiger partial charge in [-0.15, -0.1) is 0 Å². The van der Waals surface area contributed by atoms with Crippen LogP contribution in [0.4, 0.5) is 15.9 Å². The predicted molar refractivity (Wildman–Crippen MR) is 104 cm³/mol. The topological polar surface area (TPSA) is 58.1 Å². The molecule has 1 amide bonds. The average molecular weight is 364 g/mol. The zero-order valence-corrected chi connectivity index (χ0v) is 15.3. The fraction of sp³-hybridized carbons (Fsp3) is 0.190. The highest BCUT2D eigenvalue weighted by Crippen LogP contribution is 2.17. The molecular formula is C21H21FN4O. The van der Waals surface area contributed by atoms with E-state index in [9.17, 15) is 9.18 Å². The first-order chi connectivity index (χ1) is 13.0. The number of benzene rings is 2. The molecule has 5 nitrogen and oxygen atoms in total. The molecule has 0 aliphatic carbocycles. The highest BCUT2D eigenvalue weighted by molar-refractivity contribution is 6.02. The zero-order chi connectivity index (χ0) is 19.2. The molecule has 1 N–H and O–H groups in total. The molecule has 0 fully saturated rings. The van der Waals surface area contributed by atoms with E-state index in [2.05, 4.69) is 46.2 Å². The Morgan fingerprint density at radius 2 is 1.74 bits per heavy atom. The average Bonchev–Trinajstić information content (AvgIpc) is 2.68. The predicted octanol–water partition coefficient (Wildman–Crippen LogP) is 4.28. The minimum absolute atomic E-state index is 0.200. The number of hydrogen-bond donors (Lipinski definition) is 1. The summed E-state index contributed by atoms with van der Waals surface area (Å²) >= 11 is 0. The second kappa shape index (κ2) is 8.40. The molecule has 0 radical (unpaired) electrons. The molecule has 138 valence electrons. The van der Waals surface area contributed by atoms with Crippen LogP contribution >= 0.6 is 0 Å². The standard InChI is InChI=1S/C21H21FN4O/c1-15(2)26(14-16-6-4-3-5-7-16)20-13-23-19(12-24-20)21(27)25-18-10-8-17(22)9-11-18/h3-13,15H,14H2,1-2H3,(H,25,27). The van der Waals surface area contributed by atoms with E-state index in [1.807, 2.05) is 18.2 Å². The summed E-state index contributed by atoms with van der Waals surface area (Å²) < 4.78 is 12.9. The number of nitrogens with zero attached hydrogens (tertiary/aromatic N) is 3. The van der Waals surface area contributed by atoms with Crippen molar-refractivity contribution < 1.29 is 9.18 Å². The van der Waals surface area contributed by atoms with Crippen molar-refractivity contribution in [2.45, 2.75) is 26.4 Å². The molecule has 6 heteroatoms. The van der Waals surface area contributed by atoms with Crippen molar-refractivity contribution in [3.8, 4) is 0 Å². The molecule has 1 heterocycles. The van der Waals surface area contributed by atoms with E-state index in [0.29, 0.717) is 18.1 Å². The summed E-state index contributed by atoms with van der Waals surface area (Å²) in [6.07, 6.45) is 3.05. The lowest BCUT2D eigenvalue weighted by molar-refractivity contribution is 0.102. The van der Waals surface area contributed by atoms with E-state index in [0.717, 1.165) is 0 Å². The number of rotatable bonds is 6. The first-order valence-corrected chi connectivity index (χ1v) is 8.72.